The number of hydrogen-bond donors (Lipinski definition) is 2. The summed E-state index contributed by atoms with van der Waals surface area (Å²) in [6.45, 7) is 1.44. The Morgan fingerprint density at radius 2 is 1.72 bits per heavy atom. The van der Waals surface area contributed by atoms with Crippen molar-refractivity contribution in [1.82, 2.24) is 0 Å². The van der Waals surface area contributed by atoms with Crippen molar-refractivity contribution in [2.75, 3.05) is 17.7 Å². The predicted molar refractivity (Wildman–Crippen MR) is 95.8 cm³/mol. The van der Waals surface area contributed by atoms with Crippen molar-refractivity contribution in [3.8, 4) is 5.75 Å². The summed E-state index contributed by atoms with van der Waals surface area (Å²) >= 11 is 0. The molecule has 3 aromatic rings. The second-order valence-electron chi connectivity index (χ2n) is 5.61. The van der Waals surface area contributed by atoms with Crippen LogP contribution in [0.4, 0.5) is 11.4 Å². The van der Waals surface area contributed by atoms with E-state index in [9.17, 15) is 9.59 Å². The summed E-state index contributed by atoms with van der Waals surface area (Å²) in [6, 6.07) is 12.4. The average Bonchev–Trinajstić information content (AvgIpc) is 2.98. The van der Waals surface area contributed by atoms with E-state index in [1.165, 1.54) is 6.92 Å². The molecule has 1 heterocycles. The molecule has 6 nitrogen and oxygen atoms in total. The highest BCUT2D eigenvalue weighted by atomic mass is 16.5. The van der Waals surface area contributed by atoms with Crippen LogP contribution in [0.3, 0.4) is 0 Å². The van der Waals surface area contributed by atoms with Crippen LogP contribution in [0.25, 0.3) is 11.0 Å². The van der Waals surface area contributed by atoms with Crippen LogP contribution in [0.2, 0.25) is 0 Å². The SMILES string of the molecule is COc1ccc2c(CC(=O)Nc3ccc(NC(C)=O)cc3)coc2c1. The molecule has 0 spiro atoms. The van der Waals surface area contributed by atoms with Crippen LogP contribution in [0.1, 0.15) is 12.5 Å². The Hall–Kier alpha value is -3.28. The van der Waals surface area contributed by atoms with Gasteiger partial charge in [0.05, 0.1) is 19.8 Å². The second-order valence-corrected chi connectivity index (χ2v) is 5.61. The van der Waals surface area contributed by atoms with Crippen LogP contribution < -0.4 is 15.4 Å². The van der Waals surface area contributed by atoms with Crippen LogP contribution in [0.15, 0.2) is 53.1 Å². The number of nitrogens with one attached hydrogen (secondary N) is 2. The summed E-state index contributed by atoms with van der Waals surface area (Å²) in [5.41, 5.74) is 2.83. The van der Waals surface area contributed by atoms with E-state index in [1.54, 1.807) is 43.7 Å². The molecule has 0 aliphatic carbocycles. The van der Waals surface area contributed by atoms with Crippen molar-refractivity contribution in [3.05, 3.63) is 54.3 Å². The fourth-order valence-corrected chi connectivity index (χ4v) is 2.55. The number of ether oxygens (including phenoxy) is 1. The zero-order valence-corrected chi connectivity index (χ0v) is 14.0. The molecule has 0 saturated heterocycles. The number of carbonyl (C=O) groups is 2. The summed E-state index contributed by atoms with van der Waals surface area (Å²) < 4.78 is 10.7. The zero-order valence-electron chi connectivity index (χ0n) is 14.0. The molecule has 0 aliphatic rings. The van der Waals surface area contributed by atoms with Gasteiger partial charge in [0.1, 0.15) is 11.3 Å². The standard InChI is InChI=1S/C19H18N2O4/c1-12(22)20-14-3-5-15(6-4-14)21-19(23)9-13-11-25-18-10-16(24-2)7-8-17(13)18/h3-8,10-11H,9H2,1-2H3,(H,20,22)(H,21,23). The maximum absolute atomic E-state index is 12.3. The highest BCUT2D eigenvalue weighted by Crippen LogP contribution is 2.26. The summed E-state index contributed by atoms with van der Waals surface area (Å²) in [5.74, 6) is 0.420. The molecular formula is C19H18N2O4. The fourth-order valence-electron chi connectivity index (χ4n) is 2.55. The van der Waals surface area contributed by atoms with Crippen molar-refractivity contribution < 1.29 is 18.7 Å². The lowest BCUT2D eigenvalue weighted by Crippen LogP contribution is -2.14. The van der Waals surface area contributed by atoms with Gasteiger partial charge in [0.25, 0.3) is 0 Å². The molecule has 0 fully saturated rings. The minimum Gasteiger partial charge on any atom is -0.497 e. The van der Waals surface area contributed by atoms with E-state index >= 15 is 0 Å². The third kappa shape index (κ3) is 3.98. The smallest absolute Gasteiger partial charge is 0.228 e. The minimum atomic E-state index is -0.147. The number of carbonyl (C=O) groups excluding carboxylic acids is 2. The van der Waals surface area contributed by atoms with Gasteiger partial charge in [-0.15, -0.1) is 0 Å². The Labute approximate surface area is 144 Å². The van der Waals surface area contributed by atoms with Gasteiger partial charge in [-0.1, -0.05) is 0 Å². The normalized spacial score (nSPS) is 10.5. The molecule has 0 unspecified atom stereocenters. The van der Waals surface area contributed by atoms with Crippen molar-refractivity contribution in [2.45, 2.75) is 13.3 Å². The first kappa shape index (κ1) is 16.6. The Morgan fingerprint density at radius 3 is 2.36 bits per heavy atom. The van der Waals surface area contributed by atoms with Crippen LogP contribution in [-0.2, 0) is 16.0 Å². The van der Waals surface area contributed by atoms with E-state index in [0.717, 1.165) is 10.9 Å². The minimum absolute atomic E-state index is 0.139. The number of anilines is 2. The summed E-state index contributed by atoms with van der Waals surface area (Å²) in [4.78, 5) is 23.3. The van der Waals surface area contributed by atoms with E-state index in [1.807, 2.05) is 12.1 Å². The lowest BCUT2D eigenvalue weighted by Gasteiger charge is -2.06. The van der Waals surface area contributed by atoms with Crippen LogP contribution in [0.5, 0.6) is 5.75 Å². The topological polar surface area (TPSA) is 80.6 Å². The second kappa shape index (κ2) is 7.09. The molecule has 0 saturated carbocycles. The van der Waals surface area contributed by atoms with E-state index in [2.05, 4.69) is 10.6 Å². The lowest BCUT2D eigenvalue weighted by atomic mass is 10.1. The van der Waals surface area contributed by atoms with Gasteiger partial charge in [-0.2, -0.15) is 0 Å². The van der Waals surface area contributed by atoms with Crippen molar-refractivity contribution in [2.24, 2.45) is 0 Å². The molecular weight excluding hydrogens is 320 g/mol. The van der Waals surface area contributed by atoms with Crippen molar-refractivity contribution >= 4 is 34.2 Å². The molecule has 3 rings (SSSR count). The highest BCUT2D eigenvalue weighted by Gasteiger charge is 2.11. The number of furan rings is 1. The van der Waals surface area contributed by atoms with Crippen LogP contribution in [0, 0.1) is 0 Å². The molecule has 0 radical (unpaired) electrons. The van der Waals surface area contributed by atoms with Gasteiger partial charge in [-0.25, -0.2) is 0 Å². The Bertz CT molecular complexity index is 913. The van der Waals surface area contributed by atoms with Crippen LogP contribution in [-0.4, -0.2) is 18.9 Å². The number of hydrogen-bond acceptors (Lipinski definition) is 4. The largest absolute Gasteiger partial charge is 0.497 e. The third-order valence-corrected chi connectivity index (χ3v) is 3.70. The maximum Gasteiger partial charge on any atom is 0.228 e. The molecule has 2 N–H and O–H groups in total. The van der Waals surface area contributed by atoms with Gasteiger partial charge in [0.2, 0.25) is 11.8 Å². The van der Waals surface area contributed by atoms with E-state index in [-0.39, 0.29) is 18.2 Å². The molecule has 0 aliphatic heterocycles. The average molecular weight is 338 g/mol. The Morgan fingerprint density at radius 1 is 1.04 bits per heavy atom. The van der Waals surface area contributed by atoms with Gasteiger partial charge in [-0.05, 0) is 36.4 Å². The molecule has 0 bridgehead atoms. The summed E-state index contributed by atoms with van der Waals surface area (Å²) in [7, 11) is 1.59. The van der Waals surface area contributed by atoms with Crippen molar-refractivity contribution in [3.63, 3.8) is 0 Å². The number of fused-ring (bicyclic) bond motifs is 1. The monoisotopic (exact) mass is 338 g/mol. The van der Waals surface area contributed by atoms with Gasteiger partial charge in [0.15, 0.2) is 0 Å². The Kier molecular flexibility index (Phi) is 4.70. The highest BCUT2D eigenvalue weighted by molar-refractivity contribution is 5.96. The first-order valence-electron chi connectivity index (χ1n) is 7.77. The summed E-state index contributed by atoms with van der Waals surface area (Å²) in [6.07, 6.45) is 1.79. The molecule has 1 aromatic heterocycles. The fraction of sp³-hybridized carbons (Fsp3) is 0.158. The first-order chi connectivity index (χ1) is 12.0. The van der Waals surface area contributed by atoms with E-state index < -0.39 is 0 Å². The number of benzene rings is 2. The van der Waals surface area contributed by atoms with Gasteiger partial charge < -0.3 is 19.8 Å². The predicted octanol–water partition coefficient (Wildman–Crippen LogP) is 3.58. The molecule has 6 heteroatoms. The van der Waals surface area contributed by atoms with E-state index in [4.69, 9.17) is 9.15 Å². The molecule has 128 valence electrons. The number of amides is 2. The van der Waals surface area contributed by atoms with Gasteiger partial charge in [0, 0.05) is 35.3 Å². The number of methoxy groups -OCH3 is 1. The quantitative estimate of drug-likeness (QED) is 0.745. The molecule has 2 aromatic carbocycles. The lowest BCUT2D eigenvalue weighted by molar-refractivity contribution is -0.116. The zero-order chi connectivity index (χ0) is 17.8. The molecule has 2 amide bonds. The maximum atomic E-state index is 12.3. The van der Waals surface area contributed by atoms with Crippen LogP contribution >= 0.6 is 0 Å². The third-order valence-electron chi connectivity index (χ3n) is 3.70. The first-order valence-corrected chi connectivity index (χ1v) is 7.77. The van der Waals surface area contributed by atoms with Gasteiger partial charge >= 0.3 is 0 Å². The van der Waals surface area contributed by atoms with Crippen molar-refractivity contribution in [1.29, 1.82) is 0 Å². The molecule has 0 atom stereocenters. The van der Waals surface area contributed by atoms with E-state index in [0.29, 0.717) is 22.7 Å². The summed E-state index contributed by atoms with van der Waals surface area (Å²) in [5, 5.41) is 6.39. The van der Waals surface area contributed by atoms with Gasteiger partial charge in [-0.3, -0.25) is 9.59 Å². The number of rotatable bonds is 5. The Balaban J connectivity index is 1.67. The molecule has 25 heavy (non-hydrogen) atoms.